The minimum Gasteiger partial charge on any atom is -0.358 e. The van der Waals surface area contributed by atoms with E-state index in [0.717, 1.165) is 56.9 Å². The standard InChI is InChI=1S/C27H45N5O3S/c1-6-30(7-2)27(33)26-18-23-17-24(36(34,35)31-19-21(3)16-22(4)20-31)8-9-25(23)32(26)15-14-29-12-10-28(5)11-13-29/h8-9,17,21-22,26H,6-7,10-16,18-20H2,1-5H3. The first kappa shape index (κ1) is 27.4. The summed E-state index contributed by atoms with van der Waals surface area (Å²) in [6.45, 7) is 16.7. The van der Waals surface area contributed by atoms with Crippen LogP contribution in [0.4, 0.5) is 5.69 Å². The third-order valence-corrected chi connectivity index (χ3v) is 10.1. The molecule has 9 heteroatoms. The zero-order chi connectivity index (χ0) is 26.0. The summed E-state index contributed by atoms with van der Waals surface area (Å²) >= 11 is 0. The molecule has 4 rings (SSSR count). The molecule has 3 atom stereocenters. The van der Waals surface area contributed by atoms with Gasteiger partial charge in [0.25, 0.3) is 0 Å². The Labute approximate surface area is 218 Å². The molecule has 36 heavy (non-hydrogen) atoms. The summed E-state index contributed by atoms with van der Waals surface area (Å²) in [7, 11) is -1.40. The van der Waals surface area contributed by atoms with E-state index in [1.54, 1.807) is 10.4 Å². The highest BCUT2D eigenvalue weighted by molar-refractivity contribution is 7.89. The van der Waals surface area contributed by atoms with Crippen molar-refractivity contribution in [1.29, 1.82) is 0 Å². The summed E-state index contributed by atoms with van der Waals surface area (Å²) in [5, 5.41) is 0. The van der Waals surface area contributed by atoms with Crippen molar-refractivity contribution >= 4 is 21.6 Å². The number of nitrogens with zero attached hydrogens (tertiary/aromatic N) is 5. The number of rotatable bonds is 8. The van der Waals surface area contributed by atoms with Crippen LogP contribution < -0.4 is 4.90 Å². The molecule has 3 aliphatic heterocycles. The number of hydrogen-bond acceptors (Lipinski definition) is 6. The maximum absolute atomic E-state index is 13.6. The Morgan fingerprint density at radius 3 is 2.25 bits per heavy atom. The third-order valence-electron chi connectivity index (χ3n) is 8.24. The molecular weight excluding hydrogens is 474 g/mol. The monoisotopic (exact) mass is 519 g/mol. The molecule has 0 N–H and O–H groups in total. The second kappa shape index (κ2) is 11.4. The Kier molecular flexibility index (Phi) is 8.64. The lowest BCUT2D eigenvalue weighted by atomic mass is 9.94. The third kappa shape index (κ3) is 5.74. The highest BCUT2D eigenvalue weighted by Gasteiger charge is 2.38. The second-order valence-corrected chi connectivity index (χ2v) is 13.1. The number of benzene rings is 1. The Bertz CT molecular complexity index is 1010. The van der Waals surface area contributed by atoms with Crippen LogP contribution in [0.25, 0.3) is 0 Å². The molecule has 0 aliphatic carbocycles. The molecule has 1 amide bonds. The first-order valence-corrected chi connectivity index (χ1v) is 15.2. The predicted octanol–water partition coefficient (Wildman–Crippen LogP) is 2.20. The zero-order valence-corrected chi connectivity index (χ0v) is 23.6. The van der Waals surface area contributed by atoms with E-state index >= 15 is 0 Å². The molecule has 0 radical (unpaired) electrons. The molecule has 1 aromatic rings. The van der Waals surface area contributed by atoms with E-state index < -0.39 is 10.0 Å². The van der Waals surface area contributed by atoms with Gasteiger partial charge in [-0.1, -0.05) is 13.8 Å². The zero-order valence-electron chi connectivity index (χ0n) is 22.8. The van der Waals surface area contributed by atoms with Gasteiger partial charge in [-0.3, -0.25) is 9.69 Å². The fraction of sp³-hybridized carbons (Fsp3) is 0.741. The minimum atomic E-state index is -3.56. The van der Waals surface area contributed by atoms with Crippen LogP contribution in [0.5, 0.6) is 0 Å². The molecule has 2 fully saturated rings. The number of carbonyl (C=O) groups is 1. The molecule has 0 saturated carbocycles. The Hall–Kier alpha value is -1.68. The van der Waals surface area contributed by atoms with Crippen molar-refractivity contribution in [2.45, 2.75) is 51.5 Å². The summed E-state index contributed by atoms with van der Waals surface area (Å²) in [4.78, 5) is 22.8. The van der Waals surface area contributed by atoms with Crippen molar-refractivity contribution in [3.8, 4) is 0 Å². The maximum atomic E-state index is 13.6. The van der Waals surface area contributed by atoms with Gasteiger partial charge in [-0.2, -0.15) is 4.31 Å². The summed E-state index contributed by atoms with van der Waals surface area (Å²) in [5.74, 6) is 0.857. The minimum absolute atomic E-state index is 0.137. The summed E-state index contributed by atoms with van der Waals surface area (Å²) < 4.78 is 28.8. The van der Waals surface area contributed by atoms with Gasteiger partial charge >= 0.3 is 0 Å². The number of carbonyl (C=O) groups excluding carboxylic acids is 1. The number of hydrogen-bond donors (Lipinski definition) is 0. The number of piperazine rings is 1. The second-order valence-electron chi connectivity index (χ2n) is 11.1. The number of amides is 1. The van der Waals surface area contributed by atoms with Gasteiger partial charge in [-0.15, -0.1) is 0 Å². The van der Waals surface area contributed by atoms with Gasteiger partial charge in [0.1, 0.15) is 6.04 Å². The Morgan fingerprint density at radius 2 is 1.64 bits per heavy atom. The molecule has 0 aromatic heterocycles. The van der Waals surface area contributed by atoms with Gasteiger partial charge in [0.05, 0.1) is 4.90 Å². The van der Waals surface area contributed by atoms with Gasteiger partial charge in [0, 0.05) is 77.6 Å². The fourth-order valence-corrected chi connectivity index (χ4v) is 7.90. The number of fused-ring (bicyclic) bond motifs is 1. The Morgan fingerprint density at radius 1 is 1.00 bits per heavy atom. The van der Waals surface area contributed by atoms with Gasteiger partial charge < -0.3 is 14.7 Å². The maximum Gasteiger partial charge on any atom is 0.245 e. The van der Waals surface area contributed by atoms with Crippen LogP contribution in [0.3, 0.4) is 0 Å². The van der Waals surface area contributed by atoms with Crippen LogP contribution in [0.2, 0.25) is 0 Å². The van der Waals surface area contributed by atoms with Crippen molar-refractivity contribution in [3.63, 3.8) is 0 Å². The van der Waals surface area contributed by atoms with E-state index in [4.69, 9.17) is 0 Å². The SMILES string of the molecule is CCN(CC)C(=O)C1Cc2cc(S(=O)(=O)N3CC(C)CC(C)C3)ccc2N1CCN1CCN(C)CC1. The fourth-order valence-electron chi connectivity index (χ4n) is 6.17. The van der Waals surface area contributed by atoms with E-state index in [9.17, 15) is 13.2 Å². The average Bonchev–Trinajstić information content (AvgIpc) is 3.21. The lowest BCUT2D eigenvalue weighted by Crippen LogP contribution is -2.51. The van der Waals surface area contributed by atoms with E-state index in [1.165, 1.54) is 0 Å². The molecule has 3 unspecified atom stereocenters. The topological polar surface area (TPSA) is 67.4 Å². The van der Waals surface area contributed by atoms with Crippen LogP contribution in [0.1, 0.15) is 39.7 Å². The van der Waals surface area contributed by atoms with E-state index in [0.29, 0.717) is 49.3 Å². The van der Waals surface area contributed by atoms with Crippen molar-refractivity contribution < 1.29 is 13.2 Å². The smallest absolute Gasteiger partial charge is 0.245 e. The molecule has 8 nitrogen and oxygen atoms in total. The lowest BCUT2D eigenvalue weighted by molar-refractivity contribution is -0.132. The first-order valence-electron chi connectivity index (χ1n) is 13.7. The van der Waals surface area contributed by atoms with E-state index in [-0.39, 0.29) is 11.9 Å². The Balaban J connectivity index is 1.58. The number of anilines is 1. The highest BCUT2D eigenvalue weighted by Crippen LogP contribution is 2.36. The number of sulfonamides is 1. The van der Waals surface area contributed by atoms with E-state index in [1.807, 2.05) is 30.9 Å². The largest absolute Gasteiger partial charge is 0.358 e. The van der Waals surface area contributed by atoms with Crippen LogP contribution in [0.15, 0.2) is 23.1 Å². The summed E-state index contributed by atoms with van der Waals surface area (Å²) in [6, 6.07) is 5.26. The predicted molar refractivity (Wildman–Crippen MR) is 145 cm³/mol. The van der Waals surface area contributed by atoms with Gasteiger partial charge in [0.2, 0.25) is 15.9 Å². The molecular formula is C27H45N5O3S. The number of likely N-dealkylation sites (N-methyl/N-ethyl adjacent to an activating group) is 2. The van der Waals surface area contributed by atoms with Gasteiger partial charge in [-0.25, -0.2) is 8.42 Å². The summed E-state index contributed by atoms with van der Waals surface area (Å²) in [6.07, 6.45) is 1.62. The van der Waals surface area contributed by atoms with Crippen LogP contribution in [-0.4, -0.2) is 112 Å². The normalized spacial score (nSPS) is 26.2. The van der Waals surface area contributed by atoms with Crippen LogP contribution in [0, 0.1) is 11.8 Å². The average molecular weight is 520 g/mol. The van der Waals surface area contributed by atoms with Crippen molar-refractivity contribution in [2.75, 3.05) is 77.4 Å². The highest BCUT2D eigenvalue weighted by atomic mass is 32.2. The molecule has 0 bridgehead atoms. The number of piperidine rings is 1. The van der Waals surface area contributed by atoms with Crippen LogP contribution in [-0.2, 0) is 21.2 Å². The molecule has 0 spiro atoms. The van der Waals surface area contributed by atoms with Crippen molar-refractivity contribution in [1.82, 2.24) is 19.0 Å². The van der Waals surface area contributed by atoms with Crippen molar-refractivity contribution in [3.05, 3.63) is 23.8 Å². The quantitative estimate of drug-likeness (QED) is 0.525. The molecule has 202 valence electrons. The van der Waals surface area contributed by atoms with Gasteiger partial charge in [0.15, 0.2) is 0 Å². The van der Waals surface area contributed by atoms with Gasteiger partial charge in [-0.05, 0) is 62.9 Å². The molecule has 3 aliphatic rings. The summed E-state index contributed by atoms with van der Waals surface area (Å²) in [5.41, 5.74) is 1.98. The lowest BCUT2D eigenvalue weighted by Gasteiger charge is -2.36. The molecule has 1 aromatic carbocycles. The van der Waals surface area contributed by atoms with E-state index in [2.05, 4.69) is 35.6 Å². The molecule has 2 saturated heterocycles. The first-order chi connectivity index (χ1) is 17.1. The molecule has 3 heterocycles. The van der Waals surface area contributed by atoms with Crippen LogP contribution >= 0.6 is 0 Å². The van der Waals surface area contributed by atoms with Crippen molar-refractivity contribution in [2.24, 2.45) is 11.8 Å².